The monoisotopic (exact) mass is 280 g/mol. The van der Waals surface area contributed by atoms with Crippen molar-refractivity contribution in [3.05, 3.63) is 23.2 Å². The van der Waals surface area contributed by atoms with E-state index in [0.717, 1.165) is 31.5 Å². The summed E-state index contributed by atoms with van der Waals surface area (Å²) in [6, 6.07) is 1.52. The molecule has 2 heterocycles. The van der Waals surface area contributed by atoms with E-state index in [2.05, 4.69) is 0 Å². The SMILES string of the molecule is Cc1oc(C(=O)O)cc1CN(C)CC(=O)N1CCCC1. The molecule has 20 heavy (non-hydrogen) atoms. The van der Waals surface area contributed by atoms with Gasteiger partial charge in [-0.05, 0) is 32.9 Å². The van der Waals surface area contributed by atoms with E-state index in [1.807, 2.05) is 16.8 Å². The fourth-order valence-electron chi connectivity index (χ4n) is 2.43. The summed E-state index contributed by atoms with van der Waals surface area (Å²) in [7, 11) is 1.85. The van der Waals surface area contributed by atoms with Crippen LogP contribution in [0.25, 0.3) is 0 Å². The van der Waals surface area contributed by atoms with E-state index in [9.17, 15) is 9.59 Å². The Morgan fingerprint density at radius 1 is 1.40 bits per heavy atom. The van der Waals surface area contributed by atoms with Gasteiger partial charge >= 0.3 is 5.97 Å². The minimum atomic E-state index is -1.07. The Labute approximate surface area is 118 Å². The second-order valence-electron chi connectivity index (χ2n) is 5.26. The van der Waals surface area contributed by atoms with Crippen molar-refractivity contribution in [1.29, 1.82) is 0 Å². The topological polar surface area (TPSA) is 74.0 Å². The van der Waals surface area contributed by atoms with Crippen molar-refractivity contribution in [2.24, 2.45) is 0 Å². The lowest BCUT2D eigenvalue weighted by Gasteiger charge is -2.20. The minimum Gasteiger partial charge on any atom is -0.475 e. The highest BCUT2D eigenvalue weighted by Crippen LogP contribution is 2.16. The number of furan rings is 1. The molecular weight excluding hydrogens is 260 g/mol. The van der Waals surface area contributed by atoms with Crippen molar-refractivity contribution in [3.8, 4) is 0 Å². The van der Waals surface area contributed by atoms with Gasteiger partial charge in [0.25, 0.3) is 0 Å². The highest BCUT2D eigenvalue weighted by molar-refractivity contribution is 5.84. The van der Waals surface area contributed by atoms with E-state index in [0.29, 0.717) is 18.8 Å². The average Bonchev–Trinajstić information content (AvgIpc) is 2.99. The molecule has 0 aromatic carbocycles. The number of hydrogen-bond donors (Lipinski definition) is 1. The maximum absolute atomic E-state index is 12.0. The fourth-order valence-corrected chi connectivity index (χ4v) is 2.43. The Hall–Kier alpha value is -1.82. The van der Waals surface area contributed by atoms with Crippen molar-refractivity contribution in [2.75, 3.05) is 26.7 Å². The predicted octanol–water partition coefficient (Wildman–Crippen LogP) is 1.34. The number of carbonyl (C=O) groups excluding carboxylic acids is 1. The van der Waals surface area contributed by atoms with E-state index in [4.69, 9.17) is 9.52 Å². The smallest absolute Gasteiger partial charge is 0.371 e. The van der Waals surface area contributed by atoms with Gasteiger partial charge in [-0.3, -0.25) is 9.69 Å². The lowest BCUT2D eigenvalue weighted by atomic mass is 10.2. The number of nitrogens with zero attached hydrogens (tertiary/aromatic N) is 2. The van der Waals surface area contributed by atoms with Crippen LogP contribution in [0.5, 0.6) is 0 Å². The van der Waals surface area contributed by atoms with Gasteiger partial charge in [0, 0.05) is 25.2 Å². The normalized spacial score (nSPS) is 15.1. The third-order valence-corrected chi connectivity index (χ3v) is 3.54. The van der Waals surface area contributed by atoms with Crippen molar-refractivity contribution in [3.63, 3.8) is 0 Å². The van der Waals surface area contributed by atoms with Gasteiger partial charge < -0.3 is 14.4 Å². The number of rotatable bonds is 5. The van der Waals surface area contributed by atoms with Crippen molar-refractivity contribution < 1.29 is 19.1 Å². The second-order valence-corrected chi connectivity index (χ2v) is 5.26. The summed E-state index contributed by atoms with van der Waals surface area (Å²) in [5.41, 5.74) is 0.805. The quantitative estimate of drug-likeness (QED) is 0.881. The van der Waals surface area contributed by atoms with Gasteiger partial charge in [-0.1, -0.05) is 0 Å². The summed E-state index contributed by atoms with van der Waals surface area (Å²) in [6.07, 6.45) is 2.16. The molecule has 1 amide bonds. The molecule has 0 atom stereocenters. The molecule has 1 aromatic rings. The van der Waals surface area contributed by atoms with Gasteiger partial charge in [0.15, 0.2) is 0 Å². The Morgan fingerprint density at radius 3 is 2.60 bits per heavy atom. The number of amides is 1. The number of aromatic carboxylic acids is 1. The van der Waals surface area contributed by atoms with E-state index < -0.39 is 5.97 Å². The van der Waals surface area contributed by atoms with Crippen LogP contribution >= 0.6 is 0 Å². The zero-order chi connectivity index (χ0) is 14.7. The second kappa shape index (κ2) is 6.09. The Bertz CT molecular complexity index is 503. The zero-order valence-electron chi connectivity index (χ0n) is 11.9. The van der Waals surface area contributed by atoms with Crippen LogP contribution in [-0.4, -0.2) is 53.5 Å². The third kappa shape index (κ3) is 3.39. The predicted molar refractivity (Wildman–Crippen MR) is 72.6 cm³/mol. The van der Waals surface area contributed by atoms with E-state index in [1.165, 1.54) is 6.07 Å². The molecule has 110 valence electrons. The van der Waals surface area contributed by atoms with Gasteiger partial charge in [-0.15, -0.1) is 0 Å². The molecule has 6 nitrogen and oxygen atoms in total. The molecule has 0 aliphatic carbocycles. The molecule has 0 unspecified atom stereocenters. The first-order chi connectivity index (χ1) is 9.47. The molecule has 1 aliphatic heterocycles. The highest BCUT2D eigenvalue weighted by atomic mass is 16.4. The Kier molecular flexibility index (Phi) is 4.44. The zero-order valence-corrected chi connectivity index (χ0v) is 11.9. The number of likely N-dealkylation sites (tertiary alicyclic amines) is 1. The van der Waals surface area contributed by atoms with Crippen LogP contribution in [0, 0.1) is 6.92 Å². The lowest BCUT2D eigenvalue weighted by molar-refractivity contribution is -0.131. The van der Waals surface area contributed by atoms with Gasteiger partial charge in [0.2, 0.25) is 11.7 Å². The van der Waals surface area contributed by atoms with Crippen LogP contribution in [-0.2, 0) is 11.3 Å². The van der Waals surface area contributed by atoms with E-state index in [-0.39, 0.29) is 11.7 Å². The Balaban J connectivity index is 1.92. The maximum atomic E-state index is 12.0. The first-order valence-corrected chi connectivity index (χ1v) is 6.76. The molecular formula is C14H20N2O4. The summed E-state index contributed by atoms with van der Waals surface area (Å²) in [4.78, 5) is 26.6. The molecule has 1 aliphatic rings. The van der Waals surface area contributed by atoms with Gasteiger partial charge in [-0.25, -0.2) is 4.79 Å². The van der Waals surface area contributed by atoms with Crippen molar-refractivity contribution in [2.45, 2.75) is 26.3 Å². The highest BCUT2D eigenvalue weighted by Gasteiger charge is 2.20. The number of aryl methyl sites for hydroxylation is 1. The molecule has 6 heteroatoms. The van der Waals surface area contributed by atoms with Crippen LogP contribution in [0.3, 0.4) is 0 Å². The largest absolute Gasteiger partial charge is 0.475 e. The molecule has 1 aromatic heterocycles. The first kappa shape index (κ1) is 14.6. The molecule has 2 rings (SSSR count). The summed E-state index contributed by atoms with van der Waals surface area (Å²) in [5, 5.41) is 8.88. The number of carbonyl (C=O) groups is 2. The molecule has 1 fully saturated rings. The fraction of sp³-hybridized carbons (Fsp3) is 0.571. The summed E-state index contributed by atoms with van der Waals surface area (Å²) < 4.78 is 5.16. The average molecular weight is 280 g/mol. The van der Waals surface area contributed by atoms with Crippen LogP contribution < -0.4 is 0 Å². The van der Waals surface area contributed by atoms with Gasteiger partial charge in [0.05, 0.1) is 6.54 Å². The third-order valence-electron chi connectivity index (χ3n) is 3.54. The number of carboxylic acid groups (broad SMARTS) is 1. The van der Waals surface area contributed by atoms with Crippen LogP contribution in [0.2, 0.25) is 0 Å². The number of hydrogen-bond acceptors (Lipinski definition) is 4. The van der Waals surface area contributed by atoms with Crippen LogP contribution in [0.1, 0.15) is 34.7 Å². The van der Waals surface area contributed by atoms with E-state index >= 15 is 0 Å². The molecule has 0 saturated carbocycles. The Morgan fingerprint density at radius 2 is 2.05 bits per heavy atom. The van der Waals surface area contributed by atoms with Gasteiger partial charge in [0.1, 0.15) is 5.76 Å². The molecule has 1 N–H and O–H groups in total. The van der Waals surface area contributed by atoms with Gasteiger partial charge in [-0.2, -0.15) is 0 Å². The minimum absolute atomic E-state index is 0.0585. The van der Waals surface area contributed by atoms with Crippen LogP contribution in [0.4, 0.5) is 0 Å². The lowest BCUT2D eigenvalue weighted by Crippen LogP contribution is -2.37. The van der Waals surface area contributed by atoms with Crippen LogP contribution in [0.15, 0.2) is 10.5 Å². The van der Waals surface area contributed by atoms with Crippen molar-refractivity contribution >= 4 is 11.9 Å². The summed E-state index contributed by atoms with van der Waals surface area (Å²) in [5.74, 6) is -0.417. The summed E-state index contributed by atoms with van der Waals surface area (Å²) >= 11 is 0. The summed E-state index contributed by atoms with van der Waals surface area (Å²) in [6.45, 7) is 4.27. The van der Waals surface area contributed by atoms with Crippen molar-refractivity contribution in [1.82, 2.24) is 9.80 Å². The number of carboxylic acids is 1. The number of likely N-dealkylation sites (N-methyl/N-ethyl adjacent to an activating group) is 1. The maximum Gasteiger partial charge on any atom is 0.371 e. The molecule has 0 spiro atoms. The molecule has 0 radical (unpaired) electrons. The standard InChI is InChI=1S/C14H20N2O4/c1-10-11(7-12(20-10)14(18)19)8-15(2)9-13(17)16-5-3-4-6-16/h7H,3-6,8-9H2,1-2H3,(H,18,19). The van der Waals surface area contributed by atoms with E-state index in [1.54, 1.807) is 6.92 Å². The molecule has 0 bridgehead atoms. The molecule has 1 saturated heterocycles. The first-order valence-electron chi connectivity index (χ1n) is 6.76.